The molecule has 8 nitrogen and oxygen atoms in total. The minimum absolute atomic E-state index is 0.389. The van der Waals surface area contributed by atoms with E-state index in [9.17, 15) is 0 Å². The summed E-state index contributed by atoms with van der Waals surface area (Å²) >= 11 is 0. The monoisotopic (exact) mass is 442 g/mol. The van der Waals surface area contributed by atoms with Gasteiger partial charge in [-0.1, -0.05) is 26.0 Å². The van der Waals surface area contributed by atoms with E-state index in [1.54, 1.807) is 0 Å². The first-order chi connectivity index (χ1) is 15.5. The zero-order valence-corrected chi connectivity index (χ0v) is 20.2. The number of aryl methyl sites for hydroxylation is 1. The van der Waals surface area contributed by atoms with Crippen LogP contribution in [0.5, 0.6) is 5.75 Å². The van der Waals surface area contributed by atoms with Crippen molar-refractivity contribution in [2.45, 2.75) is 32.9 Å². The molecule has 1 aliphatic heterocycles. The quantitative estimate of drug-likeness (QED) is 0.475. The number of morpholine rings is 1. The van der Waals surface area contributed by atoms with Crippen molar-refractivity contribution in [1.82, 2.24) is 24.9 Å². The molecule has 0 saturated carbocycles. The van der Waals surface area contributed by atoms with Crippen LogP contribution >= 0.6 is 0 Å². The summed E-state index contributed by atoms with van der Waals surface area (Å²) in [6, 6.07) is 8.25. The SMILES string of the molecule is CN=C(NCc1cccc(OCCN2CCOCC2)c1)N(C)Cc1cn(C)nc1C(C)C. The average Bonchev–Trinajstić information content (AvgIpc) is 3.15. The minimum atomic E-state index is 0.389. The van der Waals surface area contributed by atoms with Gasteiger partial charge in [0.25, 0.3) is 0 Å². The molecular formula is C24H38N6O2. The van der Waals surface area contributed by atoms with Crippen LogP contribution in [0.25, 0.3) is 0 Å². The molecule has 1 N–H and O–H groups in total. The zero-order valence-electron chi connectivity index (χ0n) is 20.2. The summed E-state index contributed by atoms with van der Waals surface area (Å²) in [6.07, 6.45) is 2.09. The van der Waals surface area contributed by atoms with E-state index >= 15 is 0 Å². The van der Waals surface area contributed by atoms with Crippen LogP contribution in [0.4, 0.5) is 0 Å². The molecule has 1 fully saturated rings. The van der Waals surface area contributed by atoms with Gasteiger partial charge in [0.2, 0.25) is 0 Å². The van der Waals surface area contributed by atoms with Crippen LogP contribution in [-0.4, -0.2) is 79.1 Å². The lowest BCUT2D eigenvalue weighted by molar-refractivity contribution is 0.0322. The Bertz CT molecular complexity index is 873. The number of nitrogens with one attached hydrogen (secondary N) is 1. The summed E-state index contributed by atoms with van der Waals surface area (Å²) in [5.74, 6) is 2.14. The Morgan fingerprint density at radius 1 is 1.31 bits per heavy atom. The van der Waals surface area contributed by atoms with Crippen LogP contribution in [0.15, 0.2) is 35.5 Å². The van der Waals surface area contributed by atoms with Gasteiger partial charge in [0.1, 0.15) is 12.4 Å². The van der Waals surface area contributed by atoms with E-state index < -0.39 is 0 Å². The first kappa shape index (κ1) is 24.1. The summed E-state index contributed by atoms with van der Waals surface area (Å²) < 4.78 is 13.3. The third-order valence-corrected chi connectivity index (χ3v) is 5.59. The van der Waals surface area contributed by atoms with Crippen molar-refractivity contribution in [3.8, 4) is 5.75 Å². The molecule has 0 bridgehead atoms. The van der Waals surface area contributed by atoms with Gasteiger partial charge >= 0.3 is 0 Å². The van der Waals surface area contributed by atoms with Crippen LogP contribution < -0.4 is 10.1 Å². The van der Waals surface area contributed by atoms with Gasteiger partial charge in [-0.3, -0.25) is 14.6 Å². The number of aromatic nitrogens is 2. The molecule has 3 rings (SSSR count). The molecule has 8 heteroatoms. The molecule has 1 aliphatic rings. The van der Waals surface area contributed by atoms with Crippen LogP contribution in [0.3, 0.4) is 0 Å². The molecule has 2 heterocycles. The number of rotatable bonds is 9. The van der Waals surface area contributed by atoms with Crippen LogP contribution in [0.2, 0.25) is 0 Å². The van der Waals surface area contributed by atoms with E-state index in [-0.39, 0.29) is 0 Å². The van der Waals surface area contributed by atoms with Gasteiger partial charge in [-0.25, -0.2) is 0 Å². The first-order valence-electron chi connectivity index (χ1n) is 11.4. The Labute approximate surface area is 192 Å². The first-order valence-corrected chi connectivity index (χ1v) is 11.4. The van der Waals surface area contributed by atoms with Crippen LogP contribution in [0, 0.1) is 0 Å². The molecule has 176 valence electrons. The smallest absolute Gasteiger partial charge is 0.193 e. The normalized spacial score (nSPS) is 15.2. The number of aliphatic imine (C=N–C) groups is 1. The molecule has 1 saturated heterocycles. The highest BCUT2D eigenvalue weighted by atomic mass is 16.5. The number of nitrogens with zero attached hydrogens (tertiary/aromatic N) is 5. The number of hydrogen-bond donors (Lipinski definition) is 1. The van der Waals surface area contributed by atoms with E-state index in [1.807, 2.05) is 30.9 Å². The topological polar surface area (TPSA) is 67.2 Å². The summed E-state index contributed by atoms with van der Waals surface area (Å²) in [5.41, 5.74) is 3.52. The number of guanidine groups is 1. The molecule has 0 unspecified atom stereocenters. The van der Waals surface area contributed by atoms with Crippen LogP contribution in [0.1, 0.15) is 36.6 Å². The van der Waals surface area contributed by atoms with Crippen molar-refractivity contribution in [2.75, 3.05) is 53.6 Å². The van der Waals surface area contributed by atoms with Gasteiger partial charge in [-0.2, -0.15) is 5.10 Å². The van der Waals surface area contributed by atoms with E-state index in [0.717, 1.165) is 62.4 Å². The molecule has 2 aromatic rings. The van der Waals surface area contributed by atoms with E-state index in [0.29, 0.717) is 19.1 Å². The van der Waals surface area contributed by atoms with Gasteiger partial charge < -0.3 is 19.7 Å². The van der Waals surface area contributed by atoms with Crippen LogP contribution in [-0.2, 0) is 24.9 Å². The summed E-state index contributed by atoms with van der Waals surface area (Å²) in [4.78, 5) is 8.97. The molecular weight excluding hydrogens is 404 g/mol. The minimum Gasteiger partial charge on any atom is -0.492 e. The predicted molar refractivity (Wildman–Crippen MR) is 128 cm³/mol. The Morgan fingerprint density at radius 3 is 2.81 bits per heavy atom. The highest BCUT2D eigenvalue weighted by Crippen LogP contribution is 2.19. The Kier molecular flexibility index (Phi) is 8.93. The van der Waals surface area contributed by atoms with Crippen molar-refractivity contribution in [1.29, 1.82) is 0 Å². The molecule has 0 radical (unpaired) electrons. The molecule has 1 aromatic carbocycles. The van der Waals surface area contributed by atoms with Gasteiger partial charge in [0.15, 0.2) is 5.96 Å². The number of benzene rings is 1. The Balaban J connectivity index is 1.50. The third-order valence-electron chi connectivity index (χ3n) is 5.59. The van der Waals surface area contributed by atoms with E-state index in [4.69, 9.17) is 9.47 Å². The standard InChI is InChI=1S/C24H38N6O2/c1-19(2)23-21(18-29(5)27-23)17-28(4)24(25-3)26-16-20-7-6-8-22(15-20)32-14-11-30-9-12-31-13-10-30/h6-8,15,18-19H,9-14,16-17H2,1-5H3,(H,25,26). The maximum atomic E-state index is 5.99. The fraction of sp³-hybridized carbons (Fsp3) is 0.583. The highest BCUT2D eigenvalue weighted by Gasteiger charge is 2.15. The maximum absolute atomic E-state index is 5.99. The molecule has 0 aliphatic carbocycles. The van der Waals surface area contributed by atoms with Gasteiger partial charge in [0.05, 0.1) is 18.9 Å². The van der Waals surface area contributed by atoms with Crippen molar-refractivity contribution >= 4 is 5.96 Å². The lowest BCUT2D eigenvalue weighted by Crippen LogP contribution is -2.38. The van der Waals surface area contributed by atoms with E-state index in [1.165, 1.54) is 5.56 Å². The molecule has 32 heavy (non-hydrogen) atoms. The van der Waals surface area contributed by atoms with Gasteiger partial charge in [-0.15, -0.1) is 0 Å². The van der Waals surface area contributed by atoms with Gasteiger partial charge in [-0.05, 0) is 23.6 Å². The fourth-order valence-electron chi connectivity index (χ4n) is 3.92. The molecule has 1 aromatic heterocycles. The maximum Gasteiger partial charge on any atom is 0.193 e. The number of hydrogen-bond acceptors (Lipinski definition) is 5. The highest BCUT2D eigenvalue weighted by molar-refractivity contribution is 5.79. The fourth-order valence-corrected chi connectivity index (χ4v) is 3.92. The Morgan fingerprint density at radius 2 is 2.09 bits per heavy atom. The van der Waals surface area contributed by atoms with E-state index in [2.05, 4.69) is 64.4 Å². The second-order valence-electron chi connectivity index (χ2n) is 8.57. The zero-order chi connectivity index (χ0) is 22.9. The van der Waals surface area contributed by atoms with Crippen molar-refractivity contribution in [2.24, 2.45) is 12.0 Å². The van der Waals surface area contributed by atoms with Crippen molar-refractivity contribution < 1.29 is 9.47 Å². The average molecular weight is 443 g/mol. The second-order valence-corrected chi connectivity index (χ2v) is 8.57. The third kappa shape index (κ3) is 6.97. The molecule has 0 amide bonds. The summed E-state index contributed by atoms with van der Waals surface area (Å²) in [5, 5.41) is 8.08. The summed E-state index contributed by atoms with van der Waals surface area (Å²) in [6.45, 7) is 11.0. The lowest BCUT2D eigenvalue weighted by Gasteiger charge is -2.26. The second kappa shape index (κ2) is 11.9. The molecule has 0 spiro atoms. The lowest BCUT2D eigenvalue weighted by atomic mass is 10.1. The summed E-state index contributed by atoms with van der Waals surface area (Å²) in [7, 11) is 5.84. The Hall–Kier alpha value is -2.58. The van der Waals surface area contributed by atoms with Gasteiger partial charge in [0, 0.05) is 65.6 Å². The van der Waals surface area contributed by atoms with Crippen molar-refractivity contribution in [3.05, 3.63) is 47.3 Å². The van der Waals surface area contributed by atoms with Crippen molar-refractivity contribution in [3.63, 3.8) is 0 Å². The molecule has 0 atom stereocenters. The number of ether oxygens (including phenoxy) is 2. The largest absolute Gasteiger partial charge is 0.492 e. The predicted octanol–water partition coefficient (Wildman–Crippen LogP) is 2.46.